The van der Waals surface area contributed by atoms with E-state index < -0.39 is 6.10 Å². The summed E-state index contributed by atoms with van der Waals surface area (Å²) in [7, 11) is 0. The molecule has 1 aromatic rings. The molecule has 0 saturated carbocycles. The monoisotopic (exact) mass is 210 g/mol. The molecule has 1 unspecified atom stereocenters. The highest BCUT2D eigenvalue weighted by Gasteiger charge is 2.03. The molecule has 0 saturated heterocycles. The molecule has 0 fully saturated rings. The summed E-state index contributed by atoms with van der Waals surface area (Å²) in [5.74, 6) is 0.560. The van der Waals surface area contributed by atoms with Crippen molar-refractivity contribution in [1.29, 1.82) is 5.41 Å². The van der Waals surface area contributed by atoms with Crippen molar-refractivity contribution in [1.82, 2.24) is 0 Å². The fraction of sp³-hybridized carbons (Fsp3) is 0.300. The van der Waals surface area contributed by atoms with Crippen LogP contribution < -0.4 is 10.5 Å². The number of ether oxygens (including phenoxy) is 1. The van der Waals surface area contributed by atoms with Crippen LogP contribution in [0.2, 0.25) is 0 Å². The van der Waals surface area contributed by atoms with Crippen molar-refractivity contribution in [2.24, 2.45) is 5.73 Å². The lowest BCUT2D eigenvalue weighted by Crippen LogP contribution is -2.21. The van der Waals surface area contributed by atoms with Crippen molar-refractivity contribution in [3.8, 4) is 5.75 Å². The van der Waals surface area contributed by atoms with Gasteiger partial charge in [-0.15, -0.1) is 0 Å². The molecule has 15 heavy (non-hydrogen) atoms. The lowest BCUT2D eigenvalue weighted by molar-refractivity contribution is 0.0536. The third-order valence-corrected chi connectivity index (χ3v) is 1.82. The lowest BCUT2D eigenvalue weighted by Gasteiger charge is -2.09. The molecule has 0 amide bonds. The topological polar surface area (TPSA) is 99.6 Å². The van der Waals surface area contributed by atoms with Crippen molar-refractivity contribution < 1.29 is 14.9 Å². The highest BCUT2D eigenvalue weighted by atomic mass is 16.5. The van der Waals surface area contributed by atoms with Gasteiger partial charge in [0.25, 0.3) is 0 Å². The van der Waals surface area contributed by atoms with Crippen LogP contribution in [0.15, 0.2) is 24.3 Å². The summed E-state index contributed by atoms with van der Waals surface area (Å²) in [6.45, 7) is -0.290. The van der Waals surface area contributed by atoms with E-state index in [0.29, 0.717) is 11.3 Å². The normalized spacial score (nSPS) is 12.1. The molecule has 1 atom stereocenters. The van der Waals surface area contributed by atoms with Gasteiger partial charge in [0, 0.05) is 5.56 Å². The summed E-state index contributed by atoms with van der Waals surface area (Å²) >= 11 is 0. The van der Waals surface area contributed by atoms with Gasteiger partial charge in [0.05, 0.1) is 6.61 Å². The molecule has 0 aliphatic heterocycles. The third kappa shape index (κ3) is 3.57. The molecular weight excluding hydrogens is 196 g/mol. The number of hydrogen-bond acceptors (Lipinski definition) is 4. The molecule has 0 aromatic heterocycles. The van der Waals surface area contributed by atoms with E-state index in [1.165, 1.54) is 0 Å². The molecule has 0 heterocycles. The fourth-order valence-electron chi connectivity index (χ4n) is 0.976. The molecule has 1 rings (SSSR count). The van der Waals surface area contributed by atoms with Crippen LogP contribution in [-0.2, 0) is 0 Å². The molecule has 0 aliphatic carbocycles. The van der Waals surface area contributed by atoms with Gasteiger partial charge in [-0.1, -0.05) is 0 Å². The number of nitrogens with two attached hydrogens (primary N) is 1. The Labute approximate surface area is 87.6 Å². The first-order chi connectivity index (χ1) is 7.13. The maximum atomic E-state index is 9.03. The molecule has 0 aliphatic rings. The van der Waals surface area contributed by atoms with Crippen LogP contribution >= 0.6 is 0 Å². The number of hydrogen-bond donors (Lipinski definition) is 4. The molecule has 0 spiro atoms. The summed E-state index contributed by atoms with van der Waals surface area (Å²) in [5.41, 5.74) is 5.89. The number of benzene rings is 1. The average molecular weight is 210 g/mol. The number of aliphatic hydroxyl groups is 2. The van der Waals surface area contributed by atoms with Crippen molar-refractivity contribution in [2.75, 3.05) is 13.2 Å². The van der Waals surface area contributed by atoms with Crippen molar-refractivity contribution in [3.05, 3.63) is 29.8 Å². The van der Waals surface area contributed by atoms with Gasteiger partial charge in [-0.05, 0) is 24.3 Å². The van der Waals surface area contributed by atoms with Crippen LogP contribution in [0.3, 0.4) is 0 Å². The van der Waals surface area contributed by atoms with Gasteiger partial charge in [-0.25, -0.2) is 0 Å². The van der Waals surface area contributed by atoms with Crippen molar-refractivity contribution in [2.45, 2.75) is 6.10 Å². The molecule has 5 N–H and O–H groups in total. The number of rotatable bonds is 5. The lowest BCUT2D eigenvalue weighted by atomic mass is 10.2. The van der Waals surface area contributed by atoms with E-state index in [1.807, 2.05) is 0 Å². The Morgan fingerprint density at radius 1 is 1.40 bits per heavy atom. The van der Waals surface area contributed by atoms with E-state index in [1.54, 1.807) is 24.3 Å². The molecule has 5 heteroatoms. The van der Waals surface area contributed by atoms with E-state index in [4.69, 9.17) is 26.1 Å². The van der Waals surface area contributed by atoms with Crippen LogP contribution in [0.5, 0.6) is 5.75 Å². The highest BCUT2D eigenvalue weighted by Crippen LogP contribution is 2.11. The van der Waals surface area contributed by atoms with E-state index in [9.17, 15) is 0 Å². The Bertz CT molecular complexity index is 324. The molecular formula is C10H14N2O3. The zero-order chi connectivity index (χ0) is 11.3. The maximum absolute atomic E-state index is 9.03. The first-order valence-electron chi connectivity index (χ1n) is 4.49. The van der Waals surface area contributed by atoms with Gasteiger partial charge in [0.1, 0.15) is 24.3 Å². The second-order valence-electron chi connectivity index (χ2n) is 3.09. The first kappa shape index (κ1) is 11.5. The van der Waals surface area contributed by atoms with Gasteiger partial charge in [-0.2, -0.15) is 0 Å². The Balaban J connectivity index is 2.53. The highest BCUT2D eigenvalue weighted by molar-refractivity contribution is 5.94. The van der Waals surface area contributed by atoms with Gasteiger partial charge < -0.3 is 20.7 Å². The van der Waals surface area contributed by atoms with Gasteiger partial charge in [0.2, 0.25) is 0 Å². The zero-order valence-electron chi connectivity index (χ0n) is 8.18. The Kier molecular flexibility index (Phi) is 4.08. The molecule has 5 nitrogen and oxygen atoms in total. The number of nitrogens with one attached hydrogen (secondary N) is 1. The minimum Gasteiger partial charge on any atom is -0.491 e. The molecule has 1 aromatic carbocycles. The molecule has 0 radical (unpaired) electrons. The van der Waals surface area contributed by atoms with Crippen LogP contribution in [0.25, 0.3) is 0 Å². The minimum absolute atomic E-state index is 0.00283. The maximum Gasteiger partial charge on any atom is 0.122 e. The summed E-state index contributed by atoms with van der Waals surface area (Å²) in [6, 6.07) is 6.62. The quantitative estimate of drug-likeness (QED) is 0.396. The van der Waals surface area contributed by atoms with E-state index in [0.717, 1.165) is 0 Å². The standard InChI is InChI=1S/C10H14N2O3/c11-10(12)7-1-3-9(4-2-7)15-6-8(14)5-13/h1-4,8,13-14H,5-6H2,(H3,11,12). The summed E-state index contributed by atoms with van der Waals surface area (Å²) in [4.78, 5) is 0. The second kappa shape index (κ2) is 5.33. The summed E-state index contributed by atoms with van der Waals surface area (Å²) < 4.78 is 5.17. The summed E-state index contributed by atoms with van der Waals surface area (Å²) in [6.07, 6.45) is -0.877. The Hall–Kier alpha value is -1.59. The number of amidine groups is 1. The van der Waals surface area contributed by atoms with Crippen LogP contribution in [0.1, 0.15) is 5.56 Å². The van der Waals surface area contributed by atoms with Crippen LogP contribution in [0, 0.1) is 5.41 Å². The largest absolute Gasteiger partial charge is 0.491 e. The van der Waals surface area contributed by atoms with E-state index in [-0.39, 0.29) is 19.0 Å². The number of aliphatic hydroxyl groups excluding tert-OH is 2. The van der Waals surface area contributed by atoms with Crippen molar-refractivity contribution in [3.63, 3.8) is 0 Å². The van der Waals surface area contributed by atoms with Gasteiger partial charge in [0.15, 0.2) is 0 Å². The first-order valence-corrected chi connectivity index (χ1v) is 4.49. The third-order valence-electron chi connectivity index (χ3n) is 1.82. The SMILES string of the molecule is N=C(N)c1ccc(OCC(O)CO)cc1. The molecule has 82 valence electrons. The number of nitrogen functional groups attached to an aromatic ring is 1. The van der Waals surface area contributed by atoms with E-state index >= 15 is 0 Å². The predicted octanol–water partition coefficient (Wildman–Crippen LogP) is -0.297. The van der Waals surface area contributed by atoms with E-state index in [2.05, 4.69) is 0 Å². The smallest absolute Gasteiger partial charge is 0.122 e. The van der Waals surface area contributed by atoms with Gasteiger partial charge in [-0.3, -0.25) is 5.41 Å². The minimum atomic E-state index is -0.877. The Morgan fingerprint density at radius 2 is 2.00 bits per heavy atom. The predicted molar refractivity (Wildman–Crippen MR) is 56.0 cm³/mol. The van der Waals surface area contributed by atoms with Crippen LogP contribution in [-0.4, -0.2) is 35.4 Å². The Morgan fingerprint density at radius 3 is 2.47 bits per heavy atom. The zero-order valence-corrected chi connectivity index (χ0v) is 8.18. The summed E-state index contributed by atoms with van der Waals surface area (Å²) in [5, 5.41) is 24.8. The van der Waals surface area contributed by atoms with Gasteiger partial charge >= 0.3 is 0 Å². The molecule has 0 bridgehead atoms. The fourth-order valence-corrected chi connectivity index (χ4v) is 0.976. The van der Waals surface area contributed by atoms with Crippen LogP contribution in [0.4, 0.5) is 0 Å². The second-order valence-corrected chi connectivity index (χ2v) is 3.09. The average Bonchev–Trinajstić information content (AvgIpc) is 2.26. The van der Waals surface area contributed by atoms with Crippen molar-refractivity contribution >= 4 is 5.84 Å².